The summed E-state index contributed by atoms with van der Waals surface area (Å²) in [7, 11) is 1.34. The van der Waals surface area contributed by atoms with Gasteiger partial charge in [0.15, 0.2) is 5.78 Å². The molecule has 5 heteroatoms. The van der Waals surface area contributed by atoms with Crippen LogP contribution in [-0.2, 0) is 17.6 Å². The Morgan fingerprint density at radius 2 is 1.79 bits per heavy atom. The average molecular weight is 457 g/mol. The summed E-state index contributed by atoms with van der Waals surface area (Å²) in [6, 6.07) is 13.0. The summed E-state index contributed by atoms with van der Waals surface area (Å²) in [5.74, 6) is 0.0806. The smallest absolute Gasteiger partial charge is 0.341 e. The first-order valence-corrected chi connectivity index (χ1v) is 11.0. The van der Waals surface area contributed by atoms with Gasteiger partial charge in [-0.2, -0.15) is 0 Å². The van der Waals surface area contributed by atoms with Crippen molar-refractivity contribution in [3.05, 3.63) is 70.5 Å². The van der Waals surface area contributed by atoms with Crippen molar-refractivity contribution in [2.24, 2.45) is 0 Å². The van der Waals surface area contributed by atoms with Crippen LogP contribution in [0.25, 0.3) is 11.0 Å². The molecule has 0 spiro atoms. The molecular weight excluding hydrogens is 432 g/mol. The highest BCUT2D eigenvalue weighted by Gasteiger charge is 2.25. The molecule has 3 aromatic rings. The SMILES string of the molecule is CCCCc1oc2c(C(=O)OC)cccc2c1C(=O)c1ccc(CCCBr)cc1. The Morgan fingerprint density at radius 1 is 1.03 bits per heavy atom. The Labute approximate surface area is 179 Å². The lowest BCUT2D eigenvalue weighted by atomic mass is 9.96. The van der Waals surface area contributed by atoms with Crippen LogP contribution in [0.1, 0.15) is 63.8 Å². The number of fused-ring (bicyclic) bond motifs is 1. The molecular formula is C24H25BrO4. The van der Waals surface area contributed by atoms with Crippen LogP contribution < -0.4 is 0 Å². The number of ether oxygens (including phenoxy) is 1. The number of furan rings is 1. The van der Waals surface area contributed by atoms with Crippen LogP contribution in [0, 0.1) is 0 Å². The van der Waals surface area contributed by atoms with E-state index >= 15 is 0 Å². The van der Waals surface area contributed by atoms with Crippen molar-refractivity contribution >= 4 is 38.7 Å². The van der Waals surface area contributed by atoms with Gasteiger partial charge in [0, 0.05) is 22.7 Å². The third kappa shape index (κ3) is 4.61. The van der Waals surface area contributed by atoms with Crippen molar-refractivity contribution in [2.45, 2.75) is 39.0 Å². The summed E-state index contributed by atoms with van der Waals surface area (Å²) in [5.41, 5.74) is 3.14. The number of ketones is 1. The molecule has 0 radical (unpaired) electrons. The Bertz CT molecular complexity index is 1000. The van der Waals surface area contributed by atoms with E-state index in [0.717, 1.165) is 31.0 Å². The number of hydrogen-bond acceptors (Lipinski definition) is 4. The van der Waals surface area contributed by atoms with Gasteiger partial charge >= 0.3 is 5.97 Å². The highest BCUT2D eigenvalue weighted by Crippen LogP contribution is 2.32. The summed E-state index contributed by atoms with van der Waals surface area (Å²) in [6.45, 7) is 2.09. The molecule has 2 aromatic carbocycles. The van der Waals surface area contributed by atoms with Crippen molar-refractivity contribution < 1.29 is 18.7 Å². The molecule has 0 amide bonds. The van der Waals surface area contributed by atoms with Crippen molar-refractivity contribution in [3.8, 4) is 0 Å². The predicted molar refractivity (Wildman–Crippen MR) is 118 cm³/mol. The number of benzene rings is 2. The van der Waals surface area contributed by atoms with E-state index in [-0.39, 0.29) is 5.78 Å². The summed E-state index contributed by atoms with van der Waals surface area (Å²) in [4.78, 5) is 25.6. The molecule has 1 heterocycles. The second-order valence-electron chi connectivity index (χ2n) is 7.00. The van der Waals surface area contributed by atoms with E-state index in [2.05, 4.69) is 22.9 Å². The Morgan fingerprint density at radius 3 is 2.45 bits per heavy atom. The molecule has 0 aliphatic heterocycles. The molecule has 0 aliphatic rings. The molecule has 3 rings (SSSR count). The third-order valence-corrected chi connectivity index (χ3v) is 5.55. The summed E-state index contributed by atoms with van der Waals surface area (Å²) in [5, 5.41) is 1.62. The van der Waals surface area contributed by atoms with E-state index in [9.17, 15) is 9.59 Å². The first-order chi connectivity index (χ1) is 14.1. The number of halogens is 1. The van der Waals surface area contributed by atoms with Gasteiger partial charge in [-0.15, -0.1) is 0 Å². The van der Waals surface area contributed by atoms with Crippen LogP contribution in [0.3, 0.4) is 0 Å². The topological polar surface area (TPSA) is 56.5 Å². The zero-order chi connectivity index (χ0) is 20.8. The fourth-order valence-electron chi connectivity index (χ4n) is 3.44. The predicted octanol–water partition coefficient (Wildman–Crippen LogP) is 6.12. The van der Waals surface area contributed by atoms with Crippen LogP contribution in [0.4, 0.5) is 0 Å². The molecule has 0 unspecified atom stereocenters. The first kappa shape index (κ1) is 21.3. The summed E-state index contributed by atoms with van der Waals surface area (Å²) >= 11 is 3.45. The first-order valence-electron chi connectivity index (χ1n) is 9.93. The van der Waals surface area contributed by atoms with Crippen molar-refractivity contribution in [1.29, 1.82) is 0 Å². The molecule has 0 saturated carbocycles. The molecule has 152 valence electrons. The van der Waals surface area contributed by atoms with Crippen LogP contribution in [0.2, 0.25) is 0 Å². The summed E-state index contributed by atoms with van der Waals surface area (Å²) < 4.78 is 10.9. The van der Waals surface area contributed by atoms with Gasteiger partial charge in [0.05, 0.1) is 12.7 Å². The lowest BCUT2D eigenvalue weighted by Gasteiger charge is -2.05. The fourth-order valence-corrected chi connectivity index (χ4v) is 3.72. The normalized spacial score (nSPS) is 11.0. The van der Waals surface area contributed by atoms with Crippen LogP contribution in [-0.4, -0.2) is 24.2 Å². The van der Waals surface area contributed by atoms with Gasteiger partial charge < -0.3 is 9.15 Å². The fraction of sp³-hybridized carbons (Fsp3) is 0.333. The van der Waals surface area contributed by atoms with Crippen molar-refractivity contribution in [1.82, 2.24) is 0 Å². The number of carbonyl (C=O) groups is 2. The number of alkyl halides is 1. The third-order valence-electron chi connectivity index (χ3n) is 4.99. The Balaban J connectivity index is 2.06. The van der Waals surface area contributed by atoms with Crippen molar-refractivity contribution in [3.63, 3.8) is 0 Å². The lowest BCUT2D eigenvalue weighted by molar-refractivity contribution is 0.0601. The second-order valence-corrected chi connectivity index (χ2v) is 7.79. The van der Waals surface area contributed by atoms with Gasteiger partial charge in [-0.05, 0) is 30.9 Å². The molecule has 4 nitrogen and oxygen atoms in total. The van der Waals surface area contributed by atoms with Gasteiger partial charge in [0.2, 0.25) is 0 Å². The average Bonchev–Trinajstić information content (AvgIpc) is 3.13. The molecule has 0 fully saturated rings. The number of methoxy groups -OCH3 is 1. The van der Waals surface area contributed by atoms with Crippen LogP contribution in [0.15, 0.2) is 46.9 Å². The van der Waals surface area contributed by atoms with Crippen LogP contribution >= 0.6 is 15.9 Å². The Kier molecular flexibility index (Phi) is 7.26. The number of aryl methyl sites for hydroxylation is 2. The minimum absolute atomic E-state index is 0.0797. The molecule has 0 N–H and O–H groups in total. The zero-order valence-electron chi connectivity index (χ0n) is 16.8. The maximum Gasteiger partial charge on any atom is 0.341 e. The van der Waals surface area contributed by atoms with E-state index in [4.69, 9.17) is 9.15 Å². The molecule has 0 saturated heterocycles. The Hall–Kier alpha value is -2.40. The van der Waals surface area contributed by atoms with E-state index in [1.165, 1.54) is 12.7 Å². The molecule has 29 heavy (non-hydrogen) atoms. The van der Waals surface area contributed by atoms with Crippen LogP contribution in [0.5, 0.6) is 0 Å². The zero-order valence-corrected chi connectivity index (χ0v) is 18.4. The van der Waals surface area contributed by atoms with Crippen molar-refractivity contribution in [2.75, 3.05) is 12.4 Å². The second kappa shape index (κ2) is 9.88. The number of esters is 1. The minimum atomic E-state index is -0.471. The number of hydrogen-bond donors (Lipinski definition) is 0. The highest BCUT2D eigenvalue weighted by molar-refractivity contribution is 9.09. The van der Waals surface area contributed by atoms with Gasteiger partial charge in [0.1, 0.15) is 16.9 Å². The number of carbonyl (C=O) groups excluding carboxylic acids is 2. The maximum atomic E-state index is 13.4. The number of para-hydroxylation sites is 1. The van der Waals surface area contributed by atoms with Gasteiger partial charge in [-0.25, -0.2) is 4.79 Å². The molecule has 0 aliphatic carbocycles. The standard InChI is InChI=1S/C24H25BrO4/c1-3-4-10-20-21(18-8-5-9-19(23(18)29-20)24(27)28-2)22(26)17-13-11-16(12-14-17)7-6-15-25/h5,8-9,11-14H,3-4,6-7,10,15H2,1-2H3. The molecule has 1 aromatic heterocycles. The largest absolute Gasteiger partial charge is 0.465 e. The molecule has 0 bridgehead atoms. The number of unbranched alkanes of at least 4 members (excludes halogenated alkanes) is 1. The van der Waals surface area contributed by atoms with E-state index < -0.39 is 5.97 Å². The van der Waals surface area contributed by atoms with E-state index in [1.54, 1.807) is 12.1 Å². The summed E-state index contributed by atoms with van der Waals surface area (Å²) in [6.07, 6.45) is 4.56. The molecule has 0 atom stereocenters. The van der Waals surface area contributed by atoms with Gasteiger partial charge in [0.25, 0.3) is 0 Å². The monoisotopic (exact) mass is 456 g/mol. The minimum Gasteiger partial charge on any atom is -0.465 e. The quantitative estimate of drug-likeness (QED) is 0.221. The number of rotatable bonds is 9. The van der Waals surface area contributed by atoms with Gasteiger partial charge in [-0.3, -0.25) is 4.79 Å². The maximum absolute atomic E-state index is 13.4. The van der Waals surface area contributed by atoms with E-state index in [1.807, 2.05) is 30.3 Å². The highest BCUT2D eigenvalue weighted by atomic mass is 79.9. The van der Waals surface area contributed by atoms with Gasteiger partial charge in [-0.1, -0.05) is 65.7 Å². The van der Waals surface area contributed by atoms with E-state index in [0.29, 0.717) is 39.8 Å². The lowest BCUT2D eigenvalue weighted by Crippen LogP contribution is -2.05.